The van der Waals surface area contributed by atoms with Crippen molar-refractivity contribution >= 4 is 87.1 Å². The lowest BCUT2D eigenvalue weighted by molar-refractivity contribution is -0.288. The SMILES string of the molecule is C/C=C/C[C@H](OC(=O)[C@H](CC(C)C)OC(=O)C(C)(C)CNC(=O)C(Cc1ccc(OC)c(Cl)c1)NC=O)[C@H](C)[C@H]1O[C@@H]1c1ccc(CCC(=O)[C@H](CCC(=O)NC[C@H]2O[C@@H](OC)[C@H](O)[C@@H](O)[C@@H]2O)CC(=O)[C@@H](NC(=O)CCN(CCC(=O)O)C(=O)CCC(=O)NCCS(=O)(=O)O)C(C)C)cc1. The van der Waals surface area contributed by atoms with Gasteiger partial charge in [0.25, 0.3) is 10.1 Å². The van der Waals surface area contributed by atoms with Crippen LogP contribution in [-0.4, -0.2) is 218 Å². The molecule has 10 N–H and O–H groups in total. The second-order valence-corrected chi connectivity index (χ2v) is 28.6. The smallest absolute Gasteiger partial charge is 0.347 e. The Morgan fingerprint density at radius 2 is 1.45 bits per heavy atom. The van der Waals surface area contributed by atoms with E-state index in [1.54, 1.807) is 45.9 Å². The molecular formula is C69H101ClN6O24S. The molecule has 2 saturated heterocycles. The average Bonchev–Trinajstić information content (AvgIpc) is 1.65. The molecule has 0 saturated carbocycles. The Balaban J connectivity index is 1.43. The van der Waals surface area contributed by atoms with Crippen molar-refractivity contribution in [1.82, 2.24) is 31.5 Å². The van der Waals surface area contributed by atoms with Crippen LogP contribution in [0.3, 0.4) is 0 Å². The van der Waals surface area contributed by atoms with E-state index in [4.69, 9.17) is 44.6 Å². The van der Waals surface area contributed by atoms with Crippen LogP contribution in [0.15, 0.2) is 54.6 Å². The lowest BCUT2D eigenvalue weighted by atomic mass is 9.85. The lowest BCUT2D eigenvalue weighted by Gasteiger charge is -2.39. The summed E-state index contributed by atoms with van der Waals surface area (Å²) in [6, 6.07) is 10.1. The maximum atomic E-state index is 14.3. The molecule has 0 bridgehead atoms. The summed E-state index contributed by atoms with van der Waals surface area (Å²) in [4.78, 5) is 146. The highest BCUT2D eigenvalue weighted by Gasteiger charge is 2.48. The van der Waals surface area contributed by atoms with Gasteiger partial charge in [-0.3, -0.25) is 52.5 Å². The van der Waals surface area contributed by atoms with Crippen molar-refractivity contribution in [2.75, 3.05) is 52.7 Å². The summed E-state index contributed by atoms with van der Waals surface area (Å²) in [5, 5.41) is 53.5. The summed E-state index contributed by atoms with van der Waals surface area (Å²) in [5.74, 6) is -9.50. The average molecular weight is 1470 g/mol. The van der Waals surface area contributed by atoms with Crippen LogP contribution in [-0.2, 0) is 99.4 Å². The van der Waals surface area contributed by atoms with Crippen molar-refractivity contribution in [1.29, 1.82) is 0 Å². The molecule has 2 aliphatic rings. The van der Waals surface area contributed by atoms with Crippen molar-refractivity contribution in [3.05, 3.63) is 76.3 Å². The molecule has 0 radical (unpaired) electrons. The van der Waals surface area contributed by atoms with Crippen LogP contribution in [0, 0.1) is 29.1 Å². The van der Waals surface area contributed by atoms with E-state index in [0.29, 0.717) is 29.2 Å². The summed E-state index contributed by atoms with van der Waals surface area (Å²) < 4.78 is 65.0. The number of allylic oxidation sites excluding steroid dienone is 1. The maximum absolute atomic E-state index is 14.3. The molecule has 564 valence electrons. The minimum absolute atomic E-state index is 0.0776. The third-order valence-corrected chi connectivity index (χ3v) is 18.3. The van der Waals surface area contributed by atoms with Crippen molar-refractivity contribution in [2.24, 2.45) is 29.1 Å². The molecule has 2 heterocycles. The lowest BCUT2D eigenvalue weighted by Crippen LogP contribution is -2.60. The van der Waals surface area contributed by atoms with Gasteiger partial charge in [0.15, 0.2) is 18.2 Å². The first-order valence-corrected chi connectivity index (χ1v) is 35.6. The molecule has 2 aromatic carbocycles. The number of rotatable bonds is 46. The number of halogens is 1. The molecule has 2 aromatic rings. The molecule has 0 aromatic heterocycles. The Hall–Kier alpha value is -7.49. The molecule has 0 spiro atoms. The van der Waals surface area contributed by atoms with Gasteiger partial charge in [-0.2, -0.15) is 8.42 Å². The number of amides is 6. The fraction of sp³-hybridized carbons (Fsp3) is 0.638. The third kappa shape index (κ3) is 29.1. The Bertz CT molecular complexity index is 3280. The Morgan fingerprint density at radius 3 is 2.05 bits per heavy atom. The molecule has 4 rings (SSSR count). The zero-order valence-corrected chi connectivity index (χ0v) is 60.5. The molecule has 1 unspecified atom stereocenters. The van der Waals surface area contributed by atoms with Crippen LogP contribution >= 0.6 is 11.6 Å². The van der Waals surface area contributed by atoms with Gasteiger partial charge in [-0.05, 0) is 80.7 Å². The number of aryl methyl sites for hydroxylation is 1. The zero-order valence-electron chi connectivity index (χ0n) is 58.9. The van der Waals surface area contributed by atoms with Crippen molar-refractivity contribution in [3.8, 4) is 5.75 Å². The van der Waals surface area contributed by atoms with Crippen LogP contribution in [0.1, 0.15) is 142 Å². The van der Waals surface area contributed by atoms with Gasteiger partial charge in [-0.15, -0.1) is 0 Å². The Morgan fingerprint density at radius 1 is 0.782 bits per heavy atom. The van der Waals surface area contributed by atoms with Crippen molar-refractivity contribution in [2.45, 2.75) is 200 Å². The highest BCUT2D eigenvalue weighted by atomic mass is 35.5. The number of carboxylic acids is 1. The Kier molecular flexibility index (Phi) is 35.4. The molecule has 32 heteroatoms. The normalized spacial score (nSPS) is 20.1. The van der Waals surface area contributed by atoms with Crippen molar-refractivity contribution in [3.63, 3.8) is 0 Å². The molecule has 6 amide bonds. The highest BCUT2D eigenvalue weighted by molar-refractivity contribution is 7.85. The highest BCUT2D eigenvalue weighted by Crippen LogP contribution is 2.45. The predicted molar refractivity (Wildman–Crippen MR) is 365 cm³/mol. The number of nitrogens with one attached hydrogen (secondary N) is 5. The molecule has 0 aliphatic carbocycles. The van der Waals surface area contributed by atoms with E-state index in [2.05, 4.69) is 26.6 Å². The van der Waals surface area contributed by atoms with Crippen LogP contribution in [0.2, 0.25) is 5.02 Å². The number of nitrogens with zero attached hydrogens (tertiary/aromatic N) is 1. The van der Waals surface area contributed by atoms with Gasteiger partial charge in [0.2, 0.25) is 35.9 Å². The van der Waals surface area contributed by atoms with E-state index in [0.717, 1.165) is 16.0 Å². The number of carbonyl (C=O) groups excluding carboxylic acids is 10. The van der Waals surface area contributed by atoms with Gasteiger partial charge in [-0.1, -0.05) is 88.7 Å². The molecule has 30 nitrogen and oxygen atoms in total. The van der Waals surface area contributed by atoms with E-state index in [9.17, 15) is 81.6 Å². The number of epoxide rings is 1. The van der Waals surface area contributed by atoms with Gasteiger partial charge >= 0.3 is 17.9 Å². The van der Waals surface area contributed by atoms with Gasteiger partial charge in [-0.25, -0.2) is 4.79 Å². The number of hydrogen-bond acceptors (Lipinski definition) is 22. The molecule has 13 atom stereocenters. The first kappa shape index (κ1) is 85.9. The number of carbonyl (C=O) groups is 11. The zero-order chi connectivity index (χ0) is 75.5. The first-order valence-electron chi connectivity index (χ1n) is 33.6. The second-order valence-electron chi connectivity index (χ2n) is 26.7. The number of ether oxygens (including phenoxy) is 6. The predicted octanol–water partition coefficient (Wildman–Crippen LogP) is 2.81. The van der Waals surface area contributed by atoms with Gasteiger partial charge in [0, 0.05) is 103 Å². The fourth-order valence-corrected chi connectivity index (χ4v) is 11.8. The quantitative estimate of drug-likeness (QED) is 0.0150. The third-order valence-electron chi connectivity index (χ3n) is 17.3. The monoisotopic (exact) mass is 1460 g/mol. The van der Waals surface area contributed by atoms with E-state index in [1.807, 2.05) is 64.1 Å². The second kappa shape index (κ2) is 41.6. The van der Waals surface area contributed by atoms with E-state index in [1.165, 1.54) is 14.2 Å². The number of hydrogen-bond donors (Lipinski definition) is 10. The number of methoxy groups -OCH3 is 2. The molecule has 101 heavy (non-hydrogen) atoms. The number of aliphatic hydroxyl groups excluding tert-OH is 3. The number of aliphatic carboxylic acids is 1. The molecular weight excluding hydrogens is 1360 g/mol. The summed E-state index contributed by atoms with van der Waals surface area (Å²) in [5.41, 5.74) is 0.811. The number of aliphatic hydroxyl groups is 3. The summed E-state index contributed by atoms with van der Waals surface area (Å²) >= 11 is 6.28. The summed E-state index contributed by atoms with van der Waals surface area (Å²) in [6.07, 6.45) is -8.21. The van der Waals surface area contributed by atoms with Gasteiger partial charge in [0.1, 0.15) is 54.2 Å². The first-order chi connectivity index (χ1) is 47.5. The number of Topliss-reactive ketones (excluding diaryl/α,β-unsaturated/α-hetero) is 2. The van der Waals surface area contributed by atoms with E-state index < -0.39 is 192 Å². The van der Waals surface area contributed by atoms with Crippen LogP contribution in [0.4, 0.5) is 0 Å². The number of ketones is 2. The van der Waals surface area contributed by atoms with Crippen molar-refractivity contribution < 1.29 is 115 Å². The van der Waals surface area contributed by atoms with Gasteiger partial charge < -0.3 is 80.3 Å². The maximum Gasteiger partial charge on any atom is 0.347 e. The largest absolute Gasteiger partial charge is 0.495 e. The summed E-state index contributed by atoms with van der Waals surface area (Å²) in [6.45, 7) is 12.2. The Labute approximate surface area is 594 Å². The molecule has 2 fully saturated rings. The number of esters is 2. The molecule has 2 aliphatic heterocycles. The fourth-order valence-electron chi connectivity index (χ4n) is 11.1. The van der Waals surface area contributed by atoms with Crippen LogP contribution < -0.4 is 31.3 Å². The van der Waals surface area contributed by atoms with E-state index in [-0.39, 0.29) is 82.3 Å². The van der Waals surface area contributed by atoms with Crippen LogP contribution in [0.5, 0.6) is 5.75 Å². The van der Waals surface area contributed by atoms with E-state index >= 15 is 0 Å². The topological polar surface area (TPSA) is 445 Å². The minimum atomic E-state index is -4.37. The summed E-state index contributed by atoms with van der Waals surface area (Å²) in [7, 11) is -1.69. The minimum Gasteiger partial charge on any atom is -0.495 e. The number of benzene rings is 2. The van der Waals surface area contributed by atoms with Gasteiger partial charge in [0.05, 0.1) is 41.9 Å². The standard InChI is InChI=1S/C69H101ClN6O24S/c1-11-12-13-50(97-66(90)52(32-39(2)3)99-68(91)69(7,8)37-73-65(89)47(74-38-77)34-43-17-22-51(95-9)46(70)33-43)41(6)63-64(100-63)44-18-14-42(15-19-44)16-21-48(78)45(20-23-55(81)72-36-53-60(86)61(87)62(88)67(96-10)98-53)35-49(79)59(40(4)5)75-56(82)26-29-76(30-27-58(84)85)57(83)25-24-54(80)71-28-31-101(92,93)94/h11-12,14-15,17-19,22,33,38-41,45,47,50,52-53,59-64,67,86-88H,13,16,20-21,23-32,34-37H2,1-10H3,(H,71,80)(H,72,81)(H,73,89)(H,74,77)(H,75,82)(H,84,85)(H,92,93,94)/b12-11+/t41-,45+,47?,50-,52-,53+,59-,60+,61-,62+,63+,64+,67+/m0/s1. The number of carboxylic acid groups (broad SMARTS) is 1. The van der Waals surface area contributed by atoms with Crippen LogP contribution in [0.25, 0.3) is 0 Å².